The lowest BCUT2D eigenvalue weighted by Crippen LogP contribution is -1.99. The van der Waals surface area contributed by atoms with Crippen molar-refractivity contribution in [3.8, 4) is 0 Å². The molecule has 0 radical (unpaired) electrons. The molecule has 0 bridgehead atoms. The van der Waals surface area contributed by atoms with Gasteiger partial charge in [0.05, 0.1) is 0 Å². The number of hydrogen-bond acceptors (Lipinski definition) is 3. The van der Waals surface area contributed by atoms with Crippen LogP contribution in [0.4, 0.5) is 0 Å². The molecule has 0 amide bonds. The predicted octanol–water partition coefficient (Wildman–Crippen LogP) is 0.0650. The van der Waals surface area contributed by atoms with Gasteiger partial charge in [0.2, 0.25) is 0 Å². The van der Waals surface area contributed by atoms with Crippen molar-refractivity contribution < 1.29 is 14.9 Å². The molecular weight excluding hydrogens is 84.0 g/mol. The maximum Gasteiger partial charge on any atom is 0.158 e. The first-order chi connectivity index (χ1) is 2.77. The van der Waals surface area contributed by atoms with Gasteiger partial charge in [0.1, 0.15) is 6.61 Å². The first kappa shape index (κ1) is 5.59. The first-order valence-corrected chi connectivity index (χ1v) is 1.53. The third-order valence-corrected chi connectivity index (χ3v) is 0.268. The molecule has 1 N–H and O–H groups in total. The Morgan fingerprint density at radius 1 is 2.00 bits per heavy atom. The molecule has 0 saturated heterocycles. The van der Waals surface area contributed by atoms with Gasteiger partial charge in [0.25, 0.3) is 0 Å². The van der Waals surface area contributed by atoms with Gasteiger partial charge in [-0.15, -0.1) is 0 Å². The van der Waals surface area contributed by atoms with Crippen molar-refractivity contribution in [1.82, 2.24) is 0 Å². The summed E-state index contributed by atoms with van der Waals surface area (Å²) in [4.78, 5) is 13.2. The van der Waals surface area contributed by atoms with Crippen LogP contribution in [0.3, 0.4) is 0 Å². The van der Waals surface area contributed by atoms with Gasteiger partial charge in [-0.2, -0.15) is 0 Å². The molecule has 0 atom stereocenters. The van der Waals surface area contributed by atoms with Gasteiger partial charge in [-0.25, -0.2) is 4.89 Å². The lowest BCUT2D eigenvalue weighted by molar-refractivity contribution is -0.237. The average molecular weight is 90.1 g/mol. The monoisotopic (exact) mass is 90.0 g/mol. The van der Waals surface area contributed by atoms with Crippen molar-refractivity contribution in [3.63, 3.8) is 0 Å². The molecule has 0 aliphatic rings. The van der Waals surface area contributed by atoms with Gasteiger partial charge in [-0.1, -0.05) is 0 Å². The highest BCUT2D eigenvalue weighted by atomic mass is 17.1. The van der Waals surface area contributed by atoms with Gasteiger partial charge in [0, 0.05) is 0 Å². The van der Waals surface area contributed by atoms with E-state index >= 15 is 0 Å². The van der Waals surface area contributed by atoms with Crippen LogP contribution in [-0.2, 0) is 9.68 Å². The van der Waals surface area contributed by atoms with E-state index in [4.69, 9.17) is 5.26 Å². The van der Waals surface area contributed by atoms with Crippen LogP contribution < -0.4 is 0 Å². The van der Waals surface area contributed by atoms with Crippen molar-refractivity contribution in [2.24, 2.45) is 0 Å². The van der Waals surface area contributed by atoms with Crippen LogP contribution >= 0.6 is 0 Å². The summed E-state index contributed by atoms with van der Waals surface area (Å²) in [6, 6.07) is 0. The molecule has 0 aromatic rings. The smallest absolute Gasteiger partial charge is 0.158 e. The van der Waals surface area contributed by atoms with Crippen molar-refractivity contribution in [1.29, 1.82) is 0 Å². The average Bonchev–Trinajstić information content (AvgIpc) is 1.35. The van der Waals surface area contributed by atoms with E-state index in [1.54, 1.807) is 0 Å². The summed E-state index contributed by atoms with van der Waals surface area (Å²) in [7, 11) is 0. The summed E-state index contributed by atoms with van der Waals surface area (Å²) in [6.07, 6.45) is 0. The predicted molar refractivity (Wildman–Crippen MR) is 19.3 cm³/mol. The third-order valence-electron chi connectivity index (χ3n) is 0.268. The Labute approximate surface area is 35.5 Å². The standard InChI is InChI=1S/C3H6O3/c1-3(4)2-6-5/h5H,2H2,1H3. The highest BCUT2D eigenvalue weighted by Gasteiger charge is 1.85. The van der Waals surface area contributed by atoms with Crippen LogP contribution in [-0.4, -0.2) is 17.6 Å². The molecule has 0 saturated carbocycles. The van der Waals surface area contributed by atoms with E-state index in [0.717, 1.165) is 0 Å². The molecule has 0 rings (SSSR count). The Morgan fingerprint density at radius 2 is 2.50 bits per heavy atom. The van der Waals surface area contributed by atoms with Crippen LogP contribution in [0.2, 0.25) is 0 Å². The SMILES string of the molecule is CC(=O)COO. The van der Waals surface area contributed by atoms with Crippen LogP contribution in [0.15, 0.2) is 0 Å². The largest absolute Gasteiger partial charge is 0.297 e. The second-order valence-electron chi connectivity index (χ2n) is 0.975. The van der Waals surface area contributed by atoms with Crippen LogP contribution in [0.5, 0.6) is 0 Å². The zero-order valence-electron chi connectivity index (χ0n) is 3.47. The highest BCUT2D eigenvalue weighted by molar-refractivity contribution is 5.76. The molecular formula is C3H6O3. The molecule has 0 aliphatic carbocycles. The lowest BCUT2D eigenvalue weighted by Gasteiger charge is -1.82. The molecule has 0 unspecified atom stereocenters. The van der Waals surface area contributed by atoms with Crippen molar-refractivity contribution in [3.05, 3.63) is 0 Å². The number of ketones is 1. The molecule has 3 nitrogen and oxygen atoms in total. The van der Waals surface area contributed by atoms with Crippen LogP contribution in [0.25, 0.3) is 0 Å². The van der Waals surface area contributed by atoms with E-state index in [2.05, 4.69) is 4.89 Å². The van der Waals surface area contributed by atoms with Crippen molar-refractivity contribution >= 4 is 5.78 Å². The number of rotatable bonds is 2. The fourth-order valence-electron chi connectivity index (χ4n) is 0.0909. The topological polar surface area (TPSA) is 46.5 Å². The first-order valence-electron chi connectivity index (χ1n) is 1.53. The molecule has 0 spiro atoms. The normalized spacial score (nSPS) is 8.33. The van der Waals surface area contributed by atoms with Crippen LogP contribution in [0, 0.1) is 0 Å². The van der Waals surface area contributed by atoms with Gasteiger partial charge < -0.3 is 0 Å². The summed E-state index contributed by atoms with van der Waals surface area (Å²) >= 11 is 0. The second kappa shape index (κ2) is 2.81. The van der Waals surface area contributed by atoms with Crippen LogP contribution in [0.1, 0.15) is 6.92 Å². The highest BCUT2D eigenvalue weighted by Crippen LogP contribution is 1.65. The summed E-state index contributed by atoms with van der Waals surface area (Å²) in [5.74, 6) is -0.183. The van der Waals surface area contributed by atoms with Gasteiger partial charge in [0.15, 0.2) is 5.78 Å². The van der Waals surface area contributed by atoms with Gasteiger partial charge >= 0.3 is 0 Å². The number of hydrogen-bond donors (Lipinski definition) is 1. The van der Waals surface area contributed by atoms with E-state index in [0.29, 0.717) is 0 Å². The van der Waals surface area contributed by atoms with E-state index in [1.807, 2.05) is 0 Å². The zero-order chi connectivity index (χ0) is 4.99. The molecule has 0 fully saturated rings. The minimum Gasteiger partial charge on any atom is -0.297 e. The fraction of sp³-hybridized carbons (Fsp3) is 0.667. The maximum atomic E-state index is 9.76. The Bertz CT molecular complexity index is 50.0. The number of carbonyl (C=O) groups excluding carboxylic acids is 1. The van der Waals surface area contributed by atoms with E-state index < -0.39 is 0 Å². The number of Topliss-reactive ketones (excluding diaryl/α,β-unsaturated/α-hetero) is 1. The molecule has 0 aromatic carbocycles. The lowest BCUT2D eigenvalue weighted by atomic mass is 10.5. The summed E-state index contributed by atoms with van der Waals surface area (Å²) in [5.41, 5.74) is 0. The minimum absolute atomic E-state index is 0.183. The minimum atomic E-state index is -0.208. The maximum absolute atomic E-state index is 9.76. The van der Waals surface area contributed by atoms with E-state index in [-0.39, 0.29) is 12.4 Å². The Balaban J connectivity index is 2.83. The summed E-state index contributed by atoms with van der Waals surface area (Å²) in [5, 5.41) is 7.52. The van der Waals surface area contributed by atoms with Gasteiger partial charge in [-0.3, -0.25) is 10.1 Å². The zero-order valence-corrected chi connectivity index (χ0v) is 3.47. The molecule has 3 heteroatoms. The fourth-order valence-corrected chi connectivity index (χ4v) is 0.0909. The Hall–Kier alpha value is -0.410. The summed E-state index contributed by atoms with van der Waals surface area (Å²) < 4.78 is 0. The molecule has 0 aromatic heterocycles. The Kier molecular flexibility index (Phi) is 2.62. The Morgan fingerprint density at radius 3 is 2.50 bits per heavy atom. The molecule has 36 valence electrons. The van der Waals surface area contributed by atoms with E-state index in [9.17, 15) is 4.79 Å². The summed E-state index contributed by atoms with van der Waals surface area (Å²) in [6.45, 7) is 1.12. The van der Waals surface area contributed by atoms with Crippen molar-refractivity contribution in [2.45, 2.75) is 6.92 Å². The molecule has 0 aliphatic heterocycles. The molecule has 0 heterocycles. The molecule has 6 heavy (non-hydrogen) atoms. The van der Waals surface area contributed by atoms with Crippen molar-refractivity contribution in [2.75, 3.05) is 6.61 Å². The second-order valence-corrected chi connectivity index (χ2v) is 0.975. The number of carbonyl (C=O) groups is 1. The van der Waals surface area contributed by atoms with E-state index in [1.165, 1.54) is 6.92 Å². The quantitative estimate of drug-likeness (QED) is 0.385. The third kappa shape index (κ3) is 3.59. The van der Waals surface area contributed by atoms with Gasteiger partial charge in [-0.05, 0) is 6.92 Å².